The molecule has 0 atom stereocenters. The maximum Gasteiger partial charge on any atom is 0.322 e. The number of anilines is 2. The highest BCUT2D eigenvalue weighted by molar-refractivity contribution is 5.91. The minimum atomic E-state index is -0.0211. The van der Waals surface area contributed by atoms with E-state index in [-0.39, 0.29) is 12.1 Å². The number of piperidine rings is 1. The molecule has 1 saturated heterocycles. The molecule has 0 aromatic heterocycles. The van der Waals surface area contributed by atoms with Gasteiger partial charge in [-0.25, -0.2) is 4.79 Å². The zero-order valence-corrected chi connectivity index (χ0v) is 15.6. The molecule has 2 aromatic rings. The molecule has 4 rings (SSSR count). The van der Waals surface area contributed by atoms with Gasteiger partial charge in [-0.2, -0.15) is 5.26 Å². The lowest BCUT2D eigenvalue weighted by atomic mass is 10.0. The average molecular weight is 360 g/mol. The van der Waals surface area contributed by atoms with Gasteiger partial charge in [-0.15, -0.1) is 0 Å². The summed E-state index contributed by atoms with van der Waals surface area (Å²) in [6.07, 6.45) is 2.73. The third-order valence-electron chi connectivity index (χ3n) is 5.66. The van der Waals surface area contributed by atoms with E-state index in [9.17, 15) is 4.79 Å². The van der Waals surface area contributed by atoms with Gasteiger partial charge in [-0.3, -0.25) is 0 Å². The van der Waals surface area contributed by atoms with Crippen LogP contribution < -0.4 is 10.2 Å². The second-order valence-corrected chi connectivity index (χ2v) is 7.41. The van der Waals surface area contributed by atoms with Crippen molar-refractivity contribution >= 4 is 17.4 Å². The molecule has 1 fully saturated rings. The molecule has 2 heterocycles. The van der Waals surface area contributed by atoms with Crippen LogP contribution >= 0.6 is 0 Å². The minimum absolute atomic E-state index is 0.0211. The van der Waals surface area contributed by atoms with Crippen molar-refractivity contribution in [1.82, 2.24) is 4.90 Å². The van der Waals surface area contributed by atoms with E-state index in [1.165, 1.54) is 11.3 Å². The van der Waals surface area contributed by atoms with E-state index in [1.807, 2.05) is 17.0 Å². The van der Waals surface area contributed by atoms with E-state index in [4.69, 9.17) is 5.26 Å². The summed E-state index contributed by atoms with van der Waals surface area (Å²) in [5, 5.41) is 12.1. The van der Waals surface area contributed by atoms with Crippen LogP contribution in [0.2, 0.25) is 0 Å². The van der Waals surface area contributed by atoms with Crippen LogP contribution in [0.25, 0.3) is 0 Å². The predicted octanol–water partition coefficient (Wildman–Crippen LogP) is 3.93. The first-order valence-corrected chi connectivity index (χ1v) is 9.56. The van der Waals surface area contributed by atoms with E-state index < -0.39 is 0 Å². The van der Waals surface area contributed by atoms with E-state index >= 15 is 0 Å². The Morgan fingerprint density at radius 2 is 1.81 bits per heavy atom. The fourth-order valence-electron chi connectivity index (χ4n) is 4.06. The van der Waals surface area contributed by atoms with Gasteiger partial charge in [0.15, 0.2) is 0 Å². The Labute approximate surface area is 160 Å². The summed E-state index contributed by atoms with van der Waals surface area (Å²) in [7, 11) is 0. The van der Waals surface area contributed by atoms with Crippen molar-refractivity contribution in [2.24, 2.45) is 0 Å². The summed E-state index contributed by atoms with van der Waals surface area (Å²) < 4.78 is 0. The van der Waals surface area contributed by atoms with Crippen LogP contribution in [0.3, 0.4) is 0 Å². The molecule has 2 aliphatic heterocycles. The summed E-state index contributed by atoms with van der Waals surface area (Å²) in [5.41, 5.74) is 5.05. The van der Waals surface area contributed by atoms with Gasteiger partial charge in [0.1, 0.15) is 0 Å². The number of fused-ring (bicyclic) bond motifs is 1. The van der Waals surface area contributed by atoms with Crippen molar-refractivity contribution in [2.75, 3.05) is 29.9 Å². The quantitative estimate of drug-likeness (QED) is 0.883. The maximum absolute atomic E-state index is 12.8. The average Bonchev–Trinajstić information content (AvgIpc) is 2.86. The van der Waals surface area contributed by atoms with Crippen molar-refractivity contribution in [3.8, 4) is 6.07 Å². The molecule has 5 heteroatoms. The number of nitrogens with zero attached hydrogens (tertiary/aromatic N) is 3. The fourth-order valence-corrected chi connectivity index (χ4v) is 4.06. The molecule has 0 unspecified atom stereocenters. The predicted molar refractivity (Wildman–Crippen MR) is 107 cm³/mol. The Balaban J connectivity index is 1.42. The number of nitrogens with one attached hydrogen (secondary N) is 1. The molecule has 0 aliphatic carbocycles. The van der Waals surface area contributed by atoms with Crippen LogP contribution in [0, 0.1) is 18.3 Å². The number of hydrogen-bond donors (Lipinski definition) is 1. The Kier molecular flexibility index (Phi) is 4.72. The number of amides is 2. The summed E-state index contributed by atoms with van der Waals surface area (Å²) in [6, 6.07) is 16.6. The molecule has 2 aliphatic rings. The van der Waals surface area contributed by atoms with E-state index in [0.717, 1.165) is 43.6 Å². The summed E-state index contributed by atoms with van der Waals surface area (Å²) in [6.45, 7) is 4.72. The first-order valence-electron chi connectivity index (χ1n) is 9.56. The van der Waals surface area contributed by atoms with Crippen molar-refractivity contribution < 1.29 is 4.79 Å². The normalized spacial score (nSPS) is 17.7. The molecule has 0 spiro atoms. The number of carbonyl (C=O) groups excluding carboxylic acids is 1. The largest absolute Gasteiger partial charge is 0.371 e. The lowest BCUT2D eigenvalue weighted by Gasteiger charge is -2.39. The topological polar surface area (TPSA) is 59.4 Å². The SMILES string of the molecule is Cc1ccc(N2CCC(N3CCc4cc(C#N)ccc4NC3=O)CC2)cc1. The number of aryl methyl sites for hydroxylation is 1. The number of carbonyl (C=O) groups is 1. The van der Waals surface area contributed by atoms with Crippen LogP contribution in [0.15, 0.2) is 42.5 Å². The third kappa shape index (κ3) is 3.61. The summed E-state index contributed by atoms with van der Waals surface area (Å²) in [5.74, 6) is 0. The molecule has 0 saturated carbocycles. The number of rotatable bonds is 2. The molecular formula is C22H24N4O. The van der Waals surface area contributed by atoms with Crippen molar-refractivity contribution in [2.45, 2.75) is 32.2 Å². The standard InChI is InChI=1S/C22H24N4O/c1-16-2-5-19(6-3-16)25-11-9-20(10-12-25)26-13-8-18-14-17(15-23)4-7-21(18)24-22(26)27/h2-7,14,20H,8-13H2,1H3,(H,24,27). The Morgan fingerprint density at radius 3 is 2.52 bits per heavy atom. The Bertz CT molecular complexity index is 876. The molecule has 5 nitrogen and oxygen atoms in total. The van der Waals surface area contributed by atoms with Crippen LogP contribution in [0.1, 0.15) is 29.5 Å². The van der Waals surface area contributed by atoms with E-state index in [2.05, 4.69) is 47.5 Å². The highest BCUT2D eigenvalue weighted by Gasteiger charge is 2.30. The van der Waals surface area contributed by atoms with Crippen molar-refractivity contribution in [3.05, 3.63) is 59.2 Å². The summed E-state index contributed by atoms with van der Waals surface area (Å²) >= 11 is 0. The third-order valence-corrected chi connectivity index (χ3v) is 5.66. The van der Waals surface area contributed by atoms with E-state index in [1.54, 1.807) is 6.07 Å². The molecule has 1 N–H and O–H groups in total. The highest BCUT2D eigenvalue weighted by Crippen LogP contribution is 2.27. The first-order chi connectivity index (χ1) is 13.1. The fraction of sp³-hybridized carbons (Fsp3) is 0.364. The van der Waals surface area contributed by atoms with Gasteiger partial charge in [0, 0.05) is 37.1 Å². The molecule has 138 valence electrons. The van der Waals surface area contributed by atoms with E-state index in [0.29, 0.717) is 12.1 Å². The number of nitriles is 1. The molecular weight excluding hydrogens is 336 g/mol. The number of hydrogen-bond acceptors (Lipinski definition) is 3. The van der Waals surface area contributed by atoms with Gasteiger partial charge in [0.25, 0.3) is 0 Å². The second kappa shape index (κ2) is 7.32. The molecule has 0 radical (unpaired) electrons. The zero-order chi connectivity index (χ0) is 18.8. The minimum Gasteiger partial charge on any atom is -0.371 e. The van der Waals surface area contributed by atoms with Crippen LogP contribution in [0.5, 0.6) is 0 Å². The Hall–Kier alpha value is -3.00. The Morgan fingerprint density at radius 1 is 1.07 bits per heavy atom. The van der Waals surface area contributed by atoms with Gasteiger partial charge >= 0.3 is 6.03 Å². The monoisotopic (exact) mass is 360 g/mol. The van der Waals surface area contributed by atoms with Gasteiger partial charge in [0.05, 0.1) is 11.6 Å². The van der Waals surface area contributed by atoms with Gasteiger partial charge in [-0.05, 0) is 62.1 Å². The van der Waals surface area contributed by atoms with Crippen LogP contribution in [-0.2, 0) is 6.42 Å². The number of urea groups is 1. The second-order valence-electron chi connectivity index (χ2n) is 7.41. The molecule has 2 aromatic carbocycles. The van der Waals surface area contributed by atoms with Gasteiger partial charge in [0.2, 0.25) is 0 Å². The molecule has 0 bridgehead atoms. The van der Waals surface area contributed by atoms with Crippen LogP contribution in [-0.4, -0.2) is 36.6 Å². The highest BCUT2D eigenvalue weighted by atomic mass is 16.2. The molecule has 27 heavy (non-hydrogen) atoms. The van der Waals surface area contributed by atoms with Crippen molar-refractivity contribution in [3.63, 3.8) is 0 Å². The summed E-state index contributed by atoms with van der Waals surface area (Å²) in [4.78, 5) is 17.1. The lowest BCUT2D eigenvalue weighted by Crippen LogP contribution is -2.48. The number of benzene rings is 2. The smallest absolute Gasteiger partial charge is 0.322 e. The van der Waals surface area contributed by atoms with Crippen molar-refractivity contribution in [1.29, 1.82) is 5.26 Å². The maximum atomic E-state index is 12.8. The van der Waals surface area contributed by atoms with Gasteiger partial charge in [-0.1, -0.05) is 17.7 Å². The van der Waals surface area contributed by atoms with Crippen LogP contribution in [0.4, 0.5) is 16.2 Å². The zero-order valence-electron chi connectivity index (χ0n) is 15.6. The first kappa shape index (κ1) is 17.4. The van der Waals surface area contributed by atoms with Gasteiger partial charge < -0.3 is 15.1 Å². The lowest BCUT2D eigenvalue weighted by molar-refractivity contribution is 0.177. The molecule has 2 amide bonds.